The van der Waals surface area contributed by atoms with E-state index in [4.69, 9.17) is 5.73 Å². The molecule has 3 N–H and O–H groups in total. The van der Waals surface area contributed by atoms with E-state index in [0.717, 1.165) is 18.5 Å². The molecule has 1 saturated heterocycles. The van der Waals surface area contributed by atoms with Gasteiger partial charge in [-0.25, -0.2) is 4.68 Å². The van der Waals surface area contributed by atoms with Crippen molar-refractivity contribution < 1.29 is 14.7 Å². The van der Waals surface area contributed by atoms with E-state index in [9.17, 15) is 14.7 Å². The van der Waals surface area contributed by atoms with E-state index in [2.05, 4.69) is 10.3 Å². The van der Waals surface area contributed by atoms with Crippen LogP contribution in [0.5, 0.6) is 0 Å². The summed E-state index contributed by atoms with van der Waals surface area (Å²) in [6.07, 6.45) is 3.49. The minimum Gasteiger partial charge on any atom is -0.391 e. The number of aromatic nitrogens is 3. The topological polar surface area (TPSA) is 114 Å². The van der Waals surface area contributed by atoms with Gasteiger partial charge in [0, 0.05) is 25.1 Å². The number of β-amino-alcohol motifs (C(OH)–C–C–N with tert-alkyl or cyclic N) is 1. The zero-order valence-electron chi connectivity index (χ0n) is 14.3. The van der Waals surface area contributed by atoms with E-state index in [1.165, 1.54) is 4.90 Å². The maximum atomic E-state index is 13.2. The van der Waals surface area contributed by atoms with E-state index < -0.39 is 29.5 Å². The van der Waals surface area contributed by atoms with Crippen molar-refractivity contribution in [2.24, 2.45) is 11.1 Å². The first-order valence-corrected chi connectivity index (χ1v) is 8.38. The van der Waals surface area contributed by atoms with E-state index in [0.29, 0.717) is 5.92 Å². The third-order valence-electron chi connectivity index (χ3n) is 4.73. The van der Waals surface area contributed by atoms with Crippen LogP contribution in [-0.4, -0.2) is 55.5 Å². The maximum absolute atomic E-state index is 13.2. The first kappa shape index (κ1) is 16.9. The van der Waals surface area contributed by atoms with Crippen LogP contribution in [0.15, 0.2) is 6.20 Å². The molecule has 0 bridgehead atoms. The van der Waals surface area contributed by atoms with Crippen LogP contribution < -0.4 is 5.73 Å². The molecular weight excluding hydrogens is 310 g/mol. The Hall–Kier alpha value is -1.96. The van der Waals surface area contributed by atoms with Crippen LogP contribution in [0.4, 0.5) is 0 Å². The highest BCUT2D eigenvalue weighted by atomic mass is 16.3. The van der Waals surface area contributed by atoms with Crippen molar-refractivity contribution in [3.63, 3.8) is 0 Å². The second-order valence-corrected chi connectivity index (χ2v) is 7.96. The standard InChI is InChI=1S/C16H25N5O3/c1-16(2,3)13(21-8-11(18-19-21)9-4-5-9)15(24)20-7-10(22)6-12(20)14(17)23/h8-10,12-13,22H,4-7H2,1-3H3,(H2,17,23)/t10?,12?,13-/m1/s1. The van der Waals surface area contributed by atoms with E-state index in [1.54, 1.807) is 4.68 Å². The Morgan fingerprint density at radius 1 is 1.38 bits per heavy atom. The smallest absolute Gasteiger partial charge is 0.248 e. The molecule has 0 aromatic carbocycles. The number of carbonyl (C=O) groups is 2. The second-order valence-electron chi connectivity index (χ2n) is 7.96. The molecule has 1 aromatic rings. The molecule has 2 amide bonds. The number of nitrogens with zero attached hydrogens (tertiary/aromatic N) is 4. The molecule has 3 atom stereocenters. The minimum absolute atomic E-state index is 0.114. The molecule has 2 unspecified atom stereocenters. The number of aliphatic hydroxyl groups is 1. The van der Waals surface area contributed by atoms with Gasteiger partial charge in [-0.05, 0) is 18.3 Å². The third-order valence-corrected chi connectivity index (χ3v) is 4.73. The highest BCUT2D eigenvalue weighted by Crippen LogP contribution is 2.40. The lowest BCUT2D eigenvalue weighted by Gasteiger charge is -2.34. The van der Waals surface area contributed by atoms with Crippen molar-refractivity contribution >= 4 is 11.8 Å². The highest BCUT2D eigenvalue weighted by Gasteiger charge is 2.44. The first-order chi connectivity index (χ1) is 11.2. The number of nitrogens with two attached hydrogens (primary N) is 1. The maximum Gasteiger partial charge on any atom is 0.248 e. The molecule has 3 rings (SSSR count). The fourth-order valence-corrected chi connectivity index (χ4v) is 3.35. The lowest BCUT2D eigenvalue weighted by atomic mass is 9.85. The molecule has 1 aliphatic carbocycles. The molecule has 8 nitrogen and oxygen atoms in total. The van der Waals surface area contributed by atoms with Crippen LogP contribution in [0.1, 0.15) is 57.7 Å². The summed E-state index contributed by atoms with van der Waals surface area (Å²) in [5.74, 6) is -0.402. The molecule has 2 aliphatic rings. The van der Waals surface area contributed by atoms with Gasteiger partial charge < -0.3 is 15.7 Å². The van der Waals surface area contributed by atoms with Crippen LogP contribution in [0.3, 0.4) is 0 Å². The average Bonchev–Trinajstić information content (AvgIpc) is 3.07. The SMILES string of the molecule is CC(C)(C)[C@@H](C(=O)N1CC(O)CC1C(N)=O)n1cc(C2CC2)nn1. The van der Waals surface area contributed by atoms with E-state index in [-0.39, 0.29) is 18.9 Å². The van der Waals surface area contributed by atoms with Gasteiger partial charge in [0.05, 0.1) is 11.8 Å². The monoisotopic (exact) mass is 335 g/mol. The van der Waals surface area contributed by atoms with Crippen molar-refractivity contribution in [2.75, 3.05) is 6.54 Å². The summed E-state index contributed by atoms with van der Waals surface area (Å²) < 4.78 is 1.60. The molecule has 8 heteroatoms. The summed E-state index contributed by atoms with van der Waals surface area (Å²) in [6, 6.07) is -1.38. The van der Waals surface area contributed by atoms with Crippen LogP contribution in [0, 0.1) is 5.41 Å². The van der Waals surface area contributed by atoms with Crippen molar-refractivity contribution in [1.82, 2.24) is 19.9 Å². The molecule has 24 heavy (non-hydrogen) atoms. The lowest BCUT2D eigenvalue weighted by Crippen LogP contribution is -2.49. The molecule has 1 saturated carbocycles. The number of rotatable bonds is 4. The van der Waals surface area contributed by atoms with Crippen LogP contribution in [-0.2, 0) is 9.59 Å². The molecule has 2 heterocycles. The van der Waals surface area contributed by atoms with Gasteiger partial charge in [0.25, 0.3) is 0 Å². The normalized spacial score (nSPS) is 25.8. The van der Waals surface area contributed by atoms with Gasteiger partial charge >= 0.3 is 0 Å². The van der Waals surface area contributed by atoms with Crippen molar-refractivity contribution in [3.8, 4) is 0 Å². The largest absolute Gasteiger partial charge is 0.391 e. The Balaban J connectivity index is 1.90. The van der Waals surface area contributed by atoms with Crippen LogP contribution in [0.25, 0.3) is 0 Å². The molecule has 2 fully saturated rings. The Morgan fingerprint density at radius 3 is 2.58 bits per heavy atom. The number of aliphatic hydroxyl groups excluding tert-OH is 1. The van der Waals surface area contributed by atoms with Gasteiger partial charge in [-0.1, -0.05) is 26.0 Å². The molecule has 1 aromatic heterocycles. The predicted octanol–water partition coefficient (Wildman–Crippen LogP) is 0.190. The number of hydrogen-bond acceptors (Lipinski definition) is 5. The van der Waals surface area contributed by atoms with Crippen molar-refractivity contribution in [3.05, 3.63) is 11.9 Å². The zero-order chi connectivity index (χ0) is 17.6. The molecule has 132 valence electrons. The van der Waals surface area contributed by atoms with E-state index in [1.807, 2.05) is 27.0 Å². The van der Waals surface area contributed by atoms with Gasteiger partial charge in [0.15, 0.2) is 0 Å². The summed E-state index contributed by atoms with van der Waals surface area (Å²) in [5.41, 5.74) is 5.89. The van der Waals surface area contributed by atoms with Gasteiger partial charge in [0.2, 0.25) is 11.8 Å². The number of carbonyl (C=O) groups excluding carboxylic acids is 2. The van der Waals surface area contributed by atoms with Gasteiger partial charge in [-0.2, -0.15) is 0 Å². The Labute approximate surface area is 141 Å². The Bertz CT molecular complexity index is 646. The Morgan fingerprint density at radius 2 is 2.04 bits per heavy atom. The summed E-state index contributed by atoms with van der Waals surface area (Å²) in [5, 5.41) is 18.2. The average molecular weight is 335 g/mol. The summed E-state index contributed by atoms with van der Waals surface area (Å²) in [4.78, 5) is 26.2. The zero-order valence-corrected chi connectivity index (χ0v) is 14.3. The lowest BCUT2D eigenvalue weighted by molar-refractivity contribution is -0.143. The quantitative estimate of drug-likeness (QED) is 0.815. The fraction of sp³-hybridized carbons (Fsp3) is 0.750. The summed E-state index contributed by atoms with van der Waals surface area (Å²) in [7, 11) is 0. The predicted molar refractivity (Wildman–Crippen MR) is 85.8 cm³/mol. The molecule has 0 radical (unpaired) electrons. The second kappa shape index (κ2) is 5.84. The molecular formula is C16H25N5O3. The number of hydrogen-bond donors (Lipinski definition) is 2. The van der Waals surface area contributed by atoms with Crippen molar-refractivity contribution in [1.29, 1.82) is 0 Å². The molecule has 0 spiro atoms. The van der Waals surface area contributed by atoms with Crippen molar-refractivity contribution in [2.45, 2.75) is 64.1 Å². The fourth-order valence-electron chi connectivity index (χ4n) is 3.35. The minimum atomic E-state index is -0.774. The van der Waals surface area contributed by atoms with Crippen LogP contribution in [0.2, 0.25) is 0 Å². The number of likely N-dealkylation sites (tertiary alicyclic amines) is 1. The highest BCUT2D eigenvalue weighted by molar-refractivity contribution is 5.89. The number of amides is 2. The summed E-state index contributed by atoms with van der Waals surface area (Å²) in [6.45, 7) is 5.95. The van der Waals surface area contributed by atoms with Crippen LogP contribution >= 0.6 is 0 Å². The van der Waals surface area contributed by atoms with Gasteiger partial charge in [-0.15, -0.1) is 5.10 Å². The molecule has 1 aliphatic heterocycles. The van der Waals surface area contributed by atoms with Gasteiger partial charge in [0.1, 0.15) is 12.1 Å². The number of primary amides is 1. The Kier molecular flexibility index (Phi) is 4.11. The first-order valence-electron chi connectivity index (χ1n) is 8.38. The third kappa shape index (κ3) is 3.15. The van der Waals surface area contributed by atoms with E-state index >= 15 is 0 Å². The summed E-state index contributed by atoms with van der Waals surface area (Å²) >= 11 is 0. The van der Waals surface area contributed by atoms with Gasteiger partial charge in [-0.3, -0.25) is 9.59 Å².